The average molecular weight is 271 g/mol. The first-order chi connectivity index (χ1) is 9.58. The van der Waals surface area contributed by atoms with E-state index in [-0.39, 0.29) is 5.91 Å². The normalized spacial score (nSPS) is 18.2. The molecule has 0 bridgehead atoms. The molecule has 0 atom stereocenters. The zero-order valence-electron chi connectivity index (χ0n) is 12.1. The Hall–Kier alpha value is -1.86. The summed E-state index contributed by atoms with van der Waals surface area (Å²) < 4.78 is 0. The fourth-order valence-electron chi connectivity index (χ4n) is 2.45. The molecule has 0 spiro atoms. The Bertz CT molecular complexity index is 508. The van der Waals surface area contributed by atoms with Crippen molar-refractivity contribution >= 4 is 5.91 Å². The van der Waals surface area contributed by atoms with Crippen LogP contribution in [0.15, 0.2) is 24.3 Å². The van der Waals surface area contributed by atoms with Crippen LogP contribution in [0.3, 0.4) is 0 Å². The van der Waals surface area contributed by atoms with Gasteiger partial charge in [0.2, 0.25) is 0 Å². The second-order valence-corrected chi connectivity index (χ2v) is 5.50. The van der Waals surface area contributed by atoms with Crippen molar-refractivity contribution in [2.24, 2.45) is 0 Å². The number of nitrogens with zero attached hydrogens (tertiary/aromatic N) is 2. The summed E-state index contributed by atoms with van der Waals surface area (Å²) in [7, 11) is 2.03. The first kappa shape index (κ1) is 14.5. The number of carbonyl (C=O) groups excluding carboxylic acids is 1. The Labute approximate surface area is 120 Å². The first-order valence-electron chi connectivity index (χ1n) is 7.10. The second kappa shape index (κ2) is 6.06. The molecule has 2 rings (SSSR count). The van der Waals surface area contributed by atoms with Gasteiger partial charge in [-0.05, 0) is 44.0 Å². The van der Waals surface area contributed by atoms with Gasteiger partial charge in [-0.2, -0.15) is 5.26 Å². The molecule has 0 aromatic heterocycles. The third-order valence-corrected chi connectivity index (χ3v) is 4.03. The van der Waals surface area contributed by atoms with Crippen molar-refractivity contribution < 1.29 is 4.79 Å². The summed E-state index contributed by atoms with van der Waals surface area (Å²) in [5, 5.41) is 12.4. The lowest BCUT2D eigenvalue weighted by Gasteiger charge is -2.36. The highest BCUT2D eigenvalue weighted by Crippen LogP contribution is 2.21. The minimum Gasteiger partial charge on any atom is -0.334 e. The van der Waals surface area contributed by atoms with Gasteiger partial charge in [-0.25, -0.2) is 0 Å². The Morgan fingerprint density at radius 1 is 1.35 bits per heavy atom. The lowest BCUT2D eigenvalue weighted by molar-refractivity contribution is 0.0882. The number of nitriles is 1. The average Bonchev–Trinajstić information content (AvgIpc) is 2.50. The van der Waals surface area contributed by atoms with E-state index in [1.165, 1.54) is 5.56 Å². The Morgan fingerprint density at radius 3 is 2.45 bits per heavy atom. The number of hydrogen-bond acceptors (Lipinski definition) is 3. The molecule has 1 aliphatic rings. The quantitative estimate of drug-likeness (QED) is 0.914. The summed E-state index contributed by atoms with van der Waals surface area (Å²) in [6.07, 6.45) is 2.31. The maximum absolute atomic E-state index is 12.3. The second-order valence-electron chi connectivity index (χ2n) is 5.50. The molecule has 1 saturated heterocycles. The Balaban J connectivity index is 2.07. The predicted molar refractivity (Wildman–Crippen MR) is 78.4 cm³/mol. The summed E-state index contributed by atoms with van der Waals surface area (Å²) in [6, 6.07) is 9.88. The third kappa shape index (κ3) is 3.17. The van der Waals surface area contributed by atoms with E-state index in [0.717, 1.165) is 19.5 Å². The smallest absolute Gasteiger partial charge is 0.252 e. The lowest BCUT2D eigenvalue weighted by Crippen LogP contribution is -2.53. The van der Waals surface area contributed by atoms with Gasteiger partial charge in [0.25, 0.3) is 5.91 Å². The predicted octanol–water partition coefficient (Wildman–Crippen LogP) is 1.97. The molecule has 0 unspecified atom stereocenters. The number of rotatable bonds is 3. The number of likely N-dealkylation sites (tertiary alicyclic amines) is 1. The number of piperidine rings is 1. The SMILES string of the molecule is CCc1ccc(C(=O)NC2(C#N)CCN(C)CC2)cc1. The minimum absolute atomic E-state index is 0.154. The molecule has 4 nitrogen and oxygen atoms in total. The molecule has 0 radical (unpaired) electrons. The van der Waals surface area contributed by atoms with Crippen LogP contribution in [0.25, 0.3) is 0 Å². The number of amides is 1. The van der Waals surface area contributed by atoms with Crippen molar-refractivity contribution in [3.63, 3.8) is 0 Å². The highest BCUT2D eigenvalue weighted by Gasteiger charge is 2.35. The molecular formula is C16H21N3O. The number of hydrogen-bond donors (Lipinski definition) is 1. The van der Waals surface area contributed by atoms with Crippen molar-refractivity contribution in [3.05, 3.63) is 35.4 Å². The van der Waals surface area contributed by atoms with Crippen molar-refractivity contribution in [2.45, 2.75) is 31.7 Å². The monoisotopic (exact) mass is 271 g/mol. The maximum atomic E-state index is 12.3. The van der Waals surface area contributed by atoms with Crippen molar-refractivity contribution in [1.82, 2.24) is 10.2 Å². The number of aryl methyl sites for hydroxylation is 1. The van der Waals surface area contributed by atoms with Crippen LogP contribution in [0.4, 0.5) is 0 Å². The van der Waals surface area contributed by atoms with E-state index in [1.807, 2.05) is 31.3 Å². The third-order valence-electron chi connectivity index (χ3n) is 4.03. The van der Waals surface area contributed by atoms with Crippen LogP contribution >= 0.6 is 0 Å². The summed E-state index contributed by atoms with van der Waals surface area (Å²) in [5.74, 6) is -0.154. The zero-order chi connectivity index (χ0) is 14.6. The van der Waals surface area contributed by atoms with Crippen molar-refractivity contribution in [2.75, 3.05) is 20.1 Å². The molecule has 0 aliphatic carbocycles. The largest absolute Gasteiger partial charge is 0.334 e. The summed E-state index contributed by atoms with van der Waals surface area (Å²) in [5.41, 5.74) is 1.11. The van der Waals surface area contributed by atoms with Crippen LogP contribution in [-0.4, -0.2) is 36.5 Å². The van der Waals surface area contributed by atoms with Crippen LogP contribution in [0.1, 0.15) is 35.7 Å². The highest BCUT2D eigenvalue weighted by molar-refractivity contribution is 5.95. The minimum atomic E-state index is -0.715. The molecular weight excluding hydrogens is 250 g/mol. The fraction of sp³-hybridized carbons (Fsp3) is 0.500. The highest BCUT2D eigenvalue weighted by atomic mass is 16.1. The Morgan fingerprint density at radius 2 is 1.95 bits per heavy atom. The van der Waals surface area contributed by atoms with E-state index in [0.29, 0.717) is 18.4 Å². The molecule has 1 aromatic rings. The molecule has 20 heavy (non-hydrogen) atoms. The molecule has 1 aliphatic heterocycles. The van der Waals surface area contributed by atoms with Gasteiger partial charge in [0.05, 0.1) is 6.07 Å². The van der Waals surface area contributed by atoms with Crippen LogP contribution in [0.2, 0.25) is 0 Å². The van der Waals surface area contributed by atoms with Gasteiger partial charge in [0.15, 0.2) is 0 Å². The summed E-state index contributed by atoms with van der Waals surface area (Å²) >= 11 is 0. The lowest BCUT2D eigenvalue weighted by atomic mass is 9.89. The van der Waals surface area contributed by atoms with Crippen LogP contribution in [0.5, 0.6) is 0 Å². The van der Waals surface area contributed by atoms with E-state index < -0.39 is 5.54 Å². The number of nitrogens with one attached hydrogen (secondary N) is 1. The maximum Gasteiger partial charge on any atom is 0.252 e. The van der Waals surface area contributed by atoms with Gasteiger partial charge in [-0.1, -0.05) is 19.1 Å². The van der Waals surface area contributed by atoms with Crippen LogP contribution < -0.4 is 5.32 Å². The standard InChI is InChI=1S/C16H21N3O/c1-3-13-4-6-14(7-5-13)15(20)18-16(12-17)8-10-19(2)11-9-16/h4-7H,3,8-11H2,1-2H3,(H,18,20). The molecule has 0 saturated carbocycles. The van der Waals surface area contributed by atoms with Crippen molar-refractivity contribution in [3.8, 4) is 6.07 Å². The molecule has 4 heteroatoms. The first-order valence-corrected chi connectivity index (χ1v) is 7.10. The van der Waals surface area contributed by atoms with E-state index in [9.17, 15) is 10.1 Å². The molecule has 1 N–H and O–H groups in total. The molecule has 1 heterocycles. The molecule has 106 valence electrons. The van der Waals surface area contributed by atoms with E-state index in [1.54, 1.807) is 0 Å². The fourth-order valence-corrected chi connectivity index (χ4v) is 2.45. The van der Waals surface area contributed by atoms with Gasteiger partial charge in [-0.15, -0.1) is 0 Å². The summed E-state index contributed by atoms with van der Waals surface area (Å²) in [4.78, 5) is 14.5. The van der Waals surface area contributed by atoms with E-state index in [4.69, 9.17) is 0 Å². The molecule has 1 amide bonds. The van der Waals surface area contributed by atoms with E-state index in [2.05, 4.69) is 23.2 Å². The topological polar surface area (TPSA) is 56.1 Å². The summed E-state index contributed by atoms with van der Waals surface area (Å²) in [6.45, 7) is 3.75. The van der Waals surface area contributed by atoms with Gasteiger partial charge in [-0.3, -0.25) is 4.79 Å². The Kier molecular flexibility index (Phi) is 4.41. The van der Waals surface area contributed by atoms with Crippen LogP contribution in [-0.2, 0) is 6.42 Å². The molecule has 1 fully saturated rings. The molecule has 1 aromatic carbocycles. The number of carbonyl (C=O) groups is 1. The zero-order valence-corrected chi connectivity index (χ0v) is 12.1. The van der Waals surface area contributed by atoms with Gasteiger partial charge in [0.1, 0.15) is 5.54 Å². The van der Waals surface area contributed by atoms with Gasteiger partial charge in [0, 0.05) is 18.7 Å². The van der Waals surface area contributed by atoms with Crippen LogP contribution in [0, 0.1) is 11.3 Å². The van der Waals surface area contributed by atoms with Gasteiger partial charge < -0.3 is 10.2 Å². The van der Waals surface area contributed by atoms with Crippen molar-refractivity contribution in [1.29, 1.82) is 5.26 Å². The van der Waals surface area contributed by atoms with E-state index >= 15 is 0 Å². The number of benzene rings is 1. The van der Waals surface area contributed by atoms with Gasteiger partial charge >= 0.3 is 0 Å².